The van der Waals surface area contributed by atoms with E-state index in [1.807, 2.05) is 0 Å². The summed E-state index contributed by atoms with van der Waals surface area (Å²) >= 11 is 0. The first-order valence-corrected chi connectivity index (χ1v) is 5.23. The maximum atomic E-state index is 12.1. The molecule has 0 atom stereocenters. The molecule has 92 valence electrons. The van der Waals surface area contributed by atoms with Crippen LogP contribution in [0, 0.1) is 0 Å². The van der Waals surface area contributed by atoms with Gasteiger partial charge in [-0.15, -0.1) is 0 Å². The number of aromatic nitrogens is 3. The highest BCUT2D eigenvalue weighted by Gasteiger charge is 2.16. The van der Waals surface area contributed by atoms with E-state index in [1.54, 1.807) is 0 Å². The zero-order chi connectivity index (χ0) is 13.3. The molecule has 6 nitrogen and oxygen atoms in total. The average Bonchev–Trinajstić information content (AvgIpc) is 2.41. The minimum atomic E-state index is -0.597. The molecule has 6 heteroatoms. The van der Waals surface area contributed by atoms with Crippen molar-refractivity contribution < 1.29 is 4.79 Å². The van der Waals surface area contributed by atoms with Crippen LogP contribution in [0.25, 0.3) is 0 Å². The normalized spacial score (nSPS) is 10.3. The zero-order valence-electron chi connectivity index (χ0n) is 9.95. The van der Waals surface area contributed by atoms with Crippen molar-refractivity contribution in [2.24, 2.45) is 14.1 Å². The summed E-state index contributed by atoms with van der Waals surface area (Å²) in [6.45, 7) is 0. The second-order valence-corrected chi connectivity index (χ2v) is 3.87. The van der Waals surface area contributed by atoms with Gasteiger partial charge < -0.3 is 4.57 Å². The minimum absolute atomic E-state index is 0.0363. The molecule has 0 spiro atoms. The first-order valence-electron chi connectivity index (χ1n) is 5.23. The number of rotatable bonds is 2. The third-order valence-electron chi connectivity index (χ3n) is 2.63. The Morgan fingerprint density at radius 3 is 2.39 bits per heavy atom. The van der Waals surface area contributed by atoms with Crippen LogP contribution in [0.4, 0.5) is 0 Å². The first kappa shape index (κ1) is 12.0. The molecule has 0 amide bonds. The quantitative estimate of drug-likeness (QED) is 0.681. The van der Waals surface area contributed by atoms with Gasteiger partial charge >= 0.3 is 5.69 Å². The molecule has 0 aliphatic rings. The van der Waals surface area contributed by atoms with Crippen molar-refractivity contribution >= 4 is 5.78 Å². The van der Waals surface area contributed by atoms with Gasteiger partial charge in [0.2, 0.25) is 0 Å². The molecule has 0 N–H and O–H groups in total. The smallest absolute Gasteiger partial charge is 0.303 e. The Kier molecular flexibility index (Phi) is 2.93. The third kappa shape index (κ3) is 1.88. The lowest BCUT2D eigenvalue weighted by Gasteiger charge is -2.05. The molecule has 0 aliphatic carbocycles. The monoisotopic (exact) mass is 245 g/mol. The molecule has 2 rings (SSSR count). The van der Waals surface area contributed by atoms with Crippen LogP contribution in [0.2, 0.25) is 0 Å². The molecule has 0 saturated heterocycles. The molecule has 2 aromatic heterocycles. The Hall–Kier alpha value is -2.50. The topological polar surface area (TPSA) is 74.0 Å². The van der Waals surface area contributed by atoms with Gasteiger partial charge in [-0.2, -0.15) is 0 Å². The van der Waals surface area contributed by atoms with Crippen LogP contribution >= 0.6 is 0 Å². The second-order valence-electron chi connectivity index (χ2n) is 3.87. The molecule has 0 bridgehead atoms. The Bertz CT molecular complexity index is 714. The number of aryl methyl sites for hydroxylation is 1. The van der Waals surface area contributed by atoms with E-state index in [2.05, 4.69) is 4.98 Å². The van der Waals surface area contributed by atoms with E-state index in [0.29, 0.717) is 5.56 Å². The fourth-order valence-corrected chi connectivity index (χ4v) is 1.62. The van der Waals surface area contributed by atoms with Crippen molar-refractivity contribution in [1.82, 2.24) is 14.1 Å². The molecule has 2 aromatic rings. The van der Waals surface area contributed by atoms with Crippen molar-refractivity contribution in [3.8, 4) is 0 Å². The molecule has 0 saturated carbocycles. The molecule has 0 aliphatic heterocycles. The largest absolute Gasteiger partial charge is 0.330 e. The number of nitrogens with zero attached hydrogens (tertiary/aromatic N) is 3. The number of ketones is 1. The number of hydrogen-bond donors (Lipinski definition) is 0. The number of carbonyl (C=O) groups excluding carboxylic acids is 1. The molecule has 0 unspecified atom stereocenters. The summed E-state index contributed by atoms with van der Waals surface area (Å²) in [6.07, 6.45) is 4.20. The van der Waals surface area contributed by atoms with Crippen molar-refractivity contribution in [2.75, 3.05) is 0 Å². The SMILES string of the molecule is Cn1cc(C(=O)c2ccncc2)c(=O)n(C)c1=O. The first-order chi connectivity index (χ1) is 8.52. The van der Waals surface area contributed by atoms with Gasteiger partial charge in [0, 0.05) is 38.2 Å². The summed E-state index contributed by atoms with van der Waals surface area (Å²) in [5.74, 6) is -0.423. The fraction of sp³-hybridized carbons (Fsp3) is 0.167. The van der Waals surface area contributed by atoms with Crippen LogP contribution in [-0.2, 0) is 14.1 Å². The Labute approximate surface area is 102 Å². The van der Waals surface area contributed by atoms with Gasteiger partial charge in [-0.25, -0.2) is 4.79 Å². The lowest BCUT2D eigenvalue weighted by Crippen LogP contribution is -2.39. The minimum Gasteiger partial charge on any atom is -0.303 e. The molecule has 0 radical (unpaired) electrons. The van der Waals surface area contributed by atoms with E-state index in [4.69, 9.17) is 0 Å². The van der Waals surface area contributed by atoms with Crippen molar-refractivity contribution in [3.05, 3.63) is 62.7 Å². The van der Waals surface area contributed by atoms with E-state index >= 15 is 0 Å². The highest BCUT2D eigenvalue weighted by atomic mass is 16.2. The number of hydrogen-bond acceptors (Lipinski definition) is 4. The Morgan fingerprint density at radius 2 is 1.78 bits per heavy atom. The standard InChI is InChI=1S/C12H11N3O3/c1-14-7-9(11(17)15(2)12(14)18)10(16)8-3-5-13-6-4-8/h3-7H,1-2H3. The Morgan fingerprint density at radius 1 is 1.17 bits per heavy atom. The van der Waals surface area contributed by atoms with Gasteiger partial charge in [-0.05, 0) is 12.1 Å². The highest BCUT2D eigenvalue weighted by molar-refractivity contribution is 6.08. The van der Waals surface area contributed by atoms with Crippen LogP contribution in [0.1, 0.15) is 15.9 Å². The van der Waals surface area contributed by atoms with E-state index in [-0.39, 0.29) is 5.56 Å². The van der Waals surface area contributed by atoms with Gasteiger partial charge in [0.25, 0.3) is 5.56 Å². The fourth-order valence-electron chi connectivity index (χ4n) is 1.62. The van der Waals surface area contributed by atoms with Crippen LogP contribution in [0.3, 0.4) is 0 Å². The molecule has 0 aromatic carbocycles. The second kappa shape index (κ2) is 4.40. The van der Waals surface area contributed by atoms with Crippen LogP contribution in [0.15, 0.2) is 40.3 Å². The lowest BCUT2D eigenvalue weighted by molar-refractivity contribution is 0.103. The van der Waals surface area contributed by atoms with Crippen molar-refractivity contribution in [3.63, 3.8) is 0 Å². The average molecular weight is 245 g/mol. The third-order valence-corrected chi connectivity index (χ3v) is 2.63. The Balaban J connectivity index is 2.64. The molecule has 0 fully saturated rings. The summed E-state index contributed by atoms with van der Waals surface area (Å²) in [6, 6.07) is 3.04. The van der Waals surface area contributed by atoms with E-state index in [1.165, 1.54) is 49.4 Å². The molecule has 2 heterocycles. The summed E-state index contributed by atoms with van der Waals surface area (Å²) in [4.78, 5) is 39.3. The lowest BCUT2D eigenvalue weighted by atomic mass is 10.1. The van der Waals surface area contributed by atoms with Gasteiger partial charge in [0.1, 0.15) is 5.56 Å². The molecule has 18 heavy (non-hydrogen) atoms. The van der Waals surface area contributed by atoms with Crippen molar-refractivity contribution in [1.29, 1.82) is 0 Å². The highest BCUT2D eigenvalue weighted by Crippen LogP contribution is 2.03. The van der Waals surface area contributed by atoms with Gasteiger partial charge in [-0.1, -0.05) is 0 Å². The maximum Gasteiger partial charge on any atom is 0.330 e. The summed E-state index contributed by atoms with van der Waals surface area (Å²) in [5.41, 5.74) is -0.738. The number of carbonyl (C=O) groups is 1. The zero-order valence-corrected chi connectivity index (χ0v) is 9.95. The van der Waals surface area contributed by atoms with Gasteiger partial charge in [0.15, 0.2) is 5.78 Å². The molecular weight excluding hydrogens is 234 g/mol. The summed E-state index contributed by atoms with van der Waals surface area (Å²) in [7, 11) is 2.83. The van der Waals surface area contributed by atoms with Crippen LogP contribution in [-0.4, -0.2) is 19.9 Å². The predicted molar refractivity (Wildman–Crippen MR) is 64.6 cm³/mol. The van der Waals surface area contributed by atoms with E-state index < -0.39 is 17.0 Å². The van der Waals surface area contributed by atoms with Crippen molar-refractivity contribution in [2.45, 2.75) is 0 Å². The maximum absolute atomic E-state index is 12.1. The van der Waals surface area contributed by atoms with E-state index in [0.717, 1.165) is 4.57 Å². The number of pyridine rings is 1. The van der Waals surface area contributed by atoms with Gasteiger partial charge in [0.05, 0.1) is 0 Å². The van der Waals surface area contributed by atoms with Crippen LogP contribution in [0.5, 0.6) is 0 Å². The molecular formula is C12H11N3O3. The summed E-state index contributed by atoms with van der Waals surface area (Å²) in [5, 5.41) is 0. The van der Waals surface area contributed by atoms with E-state index in [9.17, 15) is 14.4 Å². The summed E-state index contributed by atoms with van der Waals surface area (Å²) < 4.78 is 2.12. The van der Waals surface area contributed by atoms with Gasteiger partial charge in [-0.3, -0.25) is 19.1 Å². The predicted octanol–water partition coefficient (Wildman–Crippen LogP) is -0.290. The van der Waals surface area contributed by atoms with Crippen LogP contribution < -0.4 is 11.2 Å².